The average Bonchev–Trinajstić information content (AvgIpc) is 2.39. The second-order valence-electron chi connectivity index (χ2n) is 4.24. The molecular formula is C13H20BrN3O2. The van der Waals surface area contributed by atoms with Crippen molar-refractivity contribution in [3.8, 4) is 0 Å². The van der Waals surface area contributed by atoms with E-state index in [1.54, 1.807) is 7.11 Å². The first-order valence-corrected chi connectivity index (χ1v) is 6.87. The van der Waals surface area contributed by atoms with Crippen LogP contribution in [0.1, 0.15) is 19.4 Å². The molecule has 0 radical (unpaired) electrons. The van der Waals surface area contributed by atoms with Crippen LogP contribution in [0.4, 0.5) is 5.69 Å². The minimum absolute atomic E-state index is 0.0893. The largest absolute Gasteiger partial charge is 0.409 e. The van der Waals surface area contributed by atoms with Crippen LogP contribution in [0.25, 0.3) is 0 Å². The SMILES string of the molecule is CCN(c1ccc(/C(N)=N/O)c(Br)c1)C(C)COC. The number of hydrogen-bond acceptors (Lipinski definition) is 4. The molecule has 0 aromatic heterocycles. The van der Waals surface area contributed by atoms with Crippen LogP contribution < -0.4 is 10.6 Å². The maximum atomic E-state index is 8.71. The van der Waals surface area contributed by atoms with E-state index in [1.165, 1.54) is 0 Å². The van der Waals surface area contributed by atoms with Crippen molar-refractivity contribution < 1.29 is 9.94 Å². The summed E-state index contributed by atoms with van der Waals surface area (Å²) < 4.78 is 5.99. The Morgan fingerprint density at radius 1 is 1.58 bits per heavy atom. The Morgan fingerprint density at radius 2 is 2.26 bits per heavy atom. The van der Waals surface area contributed by atoms with Crippen molar-refractivity contribution in [2.45, 2.75) is 19.9 Å². The first-order valence-electron chi connectivity index (χ1n) is 6.08. The van der Waals surface area contributed by atoms with E-state index in [1.807, 2.05) is 18.2 Å². The van der Waals surface area contributed by atoms with Gasteiger partial charge in [0.15, 0.2) is 5.84 Å². The third-order valence-electron chi connectivity index (χ3n) is 2.95. The van der Waals surface area contributed by atoms with Crippen molar-refractivity contribution in [3.63, 3.8) is 0 Å². The second kappa shape index (κ2) is 7.35. The number of ether oxygens (including phenoxy) is 1. The number of hydrogen-bond donors (Lipinski definition) is 2. The number of oxime groups is 1. The predicted molar refractivity (Wildman–Crippen MR) is 81.0 cm³/mol. The lowest BCUT2D eigenvalue weighted by Gasteiger charge is -2.30. The molecular weight excluding hydrogens is 310 g/mol. The zero-order valence-corrected chi connectivity index (χ0v) is 13.0. The molecule has 0 fully saturated rings. The van der Waals surface area contributed by atoms with Crippen LogP contribution in [0.3, 0.4) is 0 Å². The molecule has 0 saturated carbocycles. The van der Waals surface area contributed by atoms with Crippen molar-refractivity contribution in [1.82, 2.24) is 0 Å². The van der Waals surface area contributed by atoms with Gasteiger partial charge in [0.05, 0.1) is 6.61 Å². The van der Waals surface area contributed by atoms with Crippen LogP contribution >= 0.6 is 15.9 Å². The maximum Gasteiger partial charge on any atom is 0.171 e. The molecule has 5 nitrogen and oxygen atoms in total. The Bertz CT molecular complexity index is 452. The van der Waals surface area contributed by atoms with Gasteiger partial charge in [-0.25, -0.2) is 0 Å². The number of benzene rings is 1. The topological polar surface area (TPSA) is 71.1 Å². The van der Waals surface area contributed by atoms with Gasteiger partial charge in [-0.05, 0) is 48.0 Å². The number of rotatable bonds is 6. The van der Waals surface area contributed by atoms with Gasteiger partial charge in [-0.3, -0.25) is 0 Å². The smallest absolute Gasteiger partial charge is 0.171 e. The van der Waals surface area contributed by atoms with Crippen molar-refractivity contribution in [2.24, 2.45) is 10.9 Å². The van der Waals surface area contributed by atoms with E-state index in [-0.39, 0.29) is 11.9 Å². The summed E-state index contributed by atoms with van der Waals surface area (Å²) in [6.45, 7) is 5.74. The van der Waals surface area contributed by atoms with Gasteiger partial charge in [0.1, 0.15) is 0 Å². The van der Waals surface area contributed by atoms with Gasteiger partial charge >= 0.3 is 0 Å². The molecule has 1 aromatic carbocycles. The van der Waals surface area contributed by atoms with Crippen LogP contribution in [0.15, 0.2) is 27.8 Å². The Balaban J connectivity index is 3.04. The summed E-state index contributed by atoms with van der Waals surface area (Å²) in [7, 11) is 1.70. The van der Waals surface area contributed by atoms with Crippen molar-refractivity contribution in [2.75, 3.05) is 25.2 Å². The molecule has 1 unspecified atom stereocenters. The van der Waals surface area contributed by atoms with Crippen LogP contribution in [-0.4, -0.2) is 37.3 Å². The third kappa shape index (κ3) is 3.84. The average molecular weight is 330 g/mol. The molecule has 0 amide bonds. The zero-order valence-electron chi connectivity index (χ0n) is 11.4. The number of methoxy groups -OCH3 is 1. The van der Waals surface area contributed by atoms with Crippen molar-refractivity contribution >= 4 is 27.5 Å². The molecule has 1 rings (SSSR count). The Labute approximate surface area is 122 Å². The summed E-state index contributed by atoms with van der Waals surface area (Å²) in [6.07, 6.45) is 0. The van der Waals surface area contributed by atoms with Gasteiger partial charge in [0.2, 0.25) is 0 Å². The minimum atomic E-state index is 0.0893. The number of amidine groups is 1. The molecule has 0 heterocycles. The second-order valence-corrected chi connectivity index (χ2v) is 5.09. The lowest BCUT2D eigenvalue weighted by molar-refractivity contribution is 0.182. The van der Waals surface area contributed by atoms with E-state index in [2.05, 4.69) is 39.8 Å². The highest BCUT2D eigenvalue weighted by Gasteiger charge is 2.14. The molecule has 0 aliphatic rings. The van der Waals surface area contributed by atoms with Crippen molar-refractivity contribution in [1.29, 1.82) is 0 Å². The molecule has 0 aliphatic heterocycles. The zero-order chi connectivity index (χ0) is 14.4. The highest BCUT2D eigenvalue weighted by atomic mass is 79.9. The maximum absolute atomic E-state index is 8.71. The van der Waals surface area contributed by atoms with Gasteiger partial charge in [0.25, 0.3) is 0 Å². The summed E-state index contributed by atoms with van der Waals surface area (Å²) in [5.74, 6) is 0.0893. The summed E-state index contributed by atoms with van der Waals surface area (Å²) in [6, 6.07) is 6.02. The van der Waals surface area contributed by atoms with Gasteiger partial charge in [-0.1, -0.05) is 5.16 Å². The summed E-state index contributed by atoms with van der Waals surface area (Å²) in [5, 5.41) is 11.7. The predicted octanol–water partition coefficient (Wildman–Crippen LogP) is 2.40. The Kier molecular flexibility index (Phi) is 6.11. The van der Waals surface area contributed by atoms with Crippen LogP contribution in [0, 0.1) is 0 Å². The fourth-order valence-electron chi connectivity index (χ4n) is 2.02. The highest BCUT2D eigenvalue weighted by Crippen LogP contribution is 2.25. The molecule has 1 aromatic rings. The molecule has 0 bridgehead atoms. The monoisotopic (exact) mass is 329 g/mol. The molecule has 3 N–H and O–H groups in total. The van der Waals surface area contributed by atoms with Gasteiger partial charge in [0, 0.05) is 35.4 Å². The van der Waals surface area contributed by atoms with Crippen molar-refractivity contribution in [3.05, 3.63) is 28.2 Å². The lowest BCUT2D eigenvalue weighted by Crippen LogP contribution is -2.36. The molecule has 0 saturated heterocycles. The quantitative estimate of drug-likeness (QED) is 0.364. The lowest BCUT2D eigenvalue weighted by atomic mass is 10.1. The normalized spacial score (nSPS) is 13.4. The number of nitrogens with two attached hydrogens (primary N) is 1. The van der Waals surface area contributed by atoms with E-state index >= 15 is 0 Å². The molecule has 19 heavy (non-hydrogen) atoms. The van der Waals surface area contributed by atoms with Crippen LogP contribution in [-0.2, 0) is 4.74 Å². The molecule has 1 atom stereocenters. The number of halogens is 1. The first-order chi connectivity index (χ1) is 9.04. The summed E-state index contributed by atoms with van der Waals surface area (Å²) in [4.78, 5) is 2.23. The Morgan fingerprint density at radius 3 is 2.74 bits per heavy atom. The summed E-state index contributed by atoms with van der Waals surface area (Å²) in [5.41, 5.74) is 7.33. The molecule has 0 spiro atoms. The fourth-order valence-corrected chi connectivity index (χ4v) is 2.59. The first kappa shape index (κ1) is 15.8. The number of likely N-dealkylation sites (N-methyl/N-ethyl adjacent to an activating group) is 1. The van der Waals surface area contributed by atoms with E-state index in [0.29, 0.717) is 12.2 Å². The van der Waals surface area contributed by atoms with E-state index in [0.717, 1.165) is 16.7 Å². The standard InChI is InChI=1S/C13H20BrN3O2/c1-4-17(9(2)8-19-3)10-5-6-11(12(14)7-10)13(15)16-18/h5-7,9,18H,4,8H2,1-3H3,(H2,15,16). The fraction of sp³-hybridized carbons (Fsp3) is 0.462. The Hall–Kier alpha value is -1.27. The van der Waals surface area contributed by atoms with Crippen LogP contribution in [0.2, 0.25) is 0 Å². The van der Waals surface area contributed by atoms with Gasteiger partial charge < -0.3 is 20.6 Å². The van der Waals surface area contributed by atoms with E-state index < -0.39 is 0 Å². The summed E-state index contributed by atoms with van der Waals surface area (Å²) >= 11 is 3.44. The molecule has 0 aliphatic carbocycles. The molecule has 106 valence electrons. The molecule has 6 heteroatoms. The van der Waals surface area contributed by atoms with Gasteiger partial charge in [-0.15, -0.1) is 0 Å². The van der Waals surface area contributed by atoms with Crippen LogP contribution in [0.5, 0.6) is 0 Å². The third-order valence-corrected chi connectivity index (χ3v) is 3.60. The van der Waals surface area contributed by atoms with Gasteiger partial charge in [-0.2, -0.15) is 0 Å². The van der Waals surface area contributed by atoms with E-state index in [4.69, 9.17) is 15.7 Å². The number of anilines is 1. The van der Waals surface area contributed by atoms with E-state index in [9.17, 15) is 0 Å². The highest BCUT2D eigenvalue weighted by molar-refractivity contribution is 9.10. The minimum Gasteiger partial charge on any atom is -0.409 e. The number of nitrogens with zero attached hydrogens (tertiary/aromatic N) is 2.